The number of amides is 3. The van der Waals surface area contributed by atoms with Crippen LogP contribution in [0.5, 0.6) is 0 Å². The molecule has 0 aliphatic carbocycles. The first kappa shape index (κ1) is 29.2. The van der Waals surface area contributed by atoms with Gasteiger partial charge in [-0.25, -0.2) is 4.98 Å². The van der Waals surface area contributed by atoms with Crippen molar-refractivity contribution in [3.63, 3.8) is 0 Å². The minimum Gasteiger partial charge on any atom is -0.341 e. The highest BCUT2D eigenvalue weighted by Gasteiger charge is 2.46. The topological polar surface area (TPSA) is 78.8 Å². The summed E-state index contributed by atoms with van der Waals surface area (Å²) >= 11 is 0. The number of hydrogen-bond donors (Lipinski definition) is 0. The summed E-state index contributed by atoms with van der Waals surface area (Å²) < 4.78 is 2.50. The molecule has 0 radical (unpaired) electrons. The number of aromatic nitrogens is 2. The number of imide groups is 1. The lowest BCUT2D eigenvalue weighted by atomic mass is 9.70. The highest BCUT2D eigenvalue weighted by atomic mass is 16.2. The number of carbonyl (C=O) groups is 3. The zero-order chi connectivity index (χ0) is 30.6. The monoisotopic (exact) mass is 595 g/mol. The molecule has 2 unspecified atom stereocenters. The van der Waals surface area contributed by atoms with Crippen LogP contribution in [0.2, 0.25) is 0 Å². The third kappa shape index (κ3) is 4.95. The van der Waals surface area contributed by atoms with Gasteiger partial charge in [0.05, 0.1) is 11.0 Å². The predicted octanol–water partition coefficient (Wildman–Crippen LogP) is 5.25. The molecule has 5 atom stereocenters. The van der Waals surface area contributed by atoms with Crippen LogP contribution in [-0.2, 0) is 19.8 Å². The van der Waals surface area contributed by atoms with Gasteiger partial charge in [0.25, 0.3) is 0 Å². The van der Waals surface area contributed by atoms with Crippen molar-refractivity contribution in [1.82, 2.24) is 24.3 Å². The standard InChI is InChI=1S/C36H45N5O3/c1-24-21-33(42)40(34(24)43)25(2)35(44)38-18-15-36(16-19-38,27-9-5-4-6-10-27)17-20-39-28-13-14-29(39)23-30(22-28)41-26(3)37-31-11-7-8-12-32(31)41/h4-12,24-25,28-30H,13-23H2,1-3H3/t24?,25?,28-,29+,30+. The second-order valence-corrected chi connectivity index (χ2v) is 13.9. The molecule has 8 nitrogen and oxygen atoms in total. The van der Waals surface area contributed by atoms with Gasteiger partial charge in [-0.1, -0.05) is 49.4 Å². The molecule has 3 aromatic rings. The summed E-state index contributed by atoms with van der Waals surface area (Å²) in [6.07, 6.45) is 7.91. The highest BCUT2D eigenvalue weighted by Crippen LogP contribution is 2.45. The summed E-state index contributed by atoms with van der Waals surface area (Å²) in [5.74, 6) is 0.226. The van der Waals surface area contributed by atoms with Crippen molar-refractivity contribution in [2.75, 3.05) is 19.6 Å². The van der Waals surface area contributed by atoms with Crippen molar-refractivity contribution < 1.29 is 14.4 Å². The van der Waals surface area contributed by atoms with Crippen LogP contribution in [0.3, 0.4) is 0 Å². The number of fused-ring (bicyclic) bond motifs is 3. The van der Waals surface area contributed by atoms with E-state index in [4.69, 9.17) is 4.98 Å². The van der Waals surface area contributed by atoms with Crippen molar-refractivity contribution in [3.05, 3.63) is 66.0 Å². The molecule has 0 spiro atoms. The smallest absolute Gasteiger partial charge is 0.245 e. The average molecular weight is 596 g/mol. The van der Waals surface area contributed by atoms with E-state index < -0.39 is 6.04 Å². The molecule has 0 saturated carbocycles. The molecule has 4 aliphatic heterocycles. The van der Waals surface area contributed by atoms with Gasteiger partial charge >= 0.3 is 0 Å². The third-order valence-corrected chi connectivity index (χ3v) is 11.4. The Labute approximate surface area is 260 Å². The van der Waals surface area contributed by atoms with Crippen LogP contribution in [0.1, 0.15) is 82.6 Å². The largest absolute Gasteiger partial charge is 0.341 e. The maximum absolute atomic E-state index is 13.5. The minimum atomic E-state index is -0.739. The Morgan fingerprint density at radius 1 is 0.955 bits per heavy atom. The van der Waals surface area contributed by atoms with E-state index in [9.17, 15) is 14.4 Å². The van der Waals surface area contributed by atoms with Crippen molar-refractivity contribution in [2.45, 2.75) is 102 Å². The van der Waals surface area contributed by atoms with E-state index in [1.165, 1.54) is 41.7 Å². The zero-order valence-corrected chi connectivity index (χ0v) is 26.3. The molecule has 2 aromatic carbocycles. The number of hydrogen-bond acceptors (Lipinski definition) is 5. The number of carbonyl (C=O) groups excluding carboxylic acids is 3. The van der Waals surface area contributed by atoms with Gasteiger partial charge in [0.1, 0.15) is 11.9 Å². The molecule has 4 fully saturated rings. The molecule has 44 heavy (non-hydrogen) atoms. The molecule has 7 rings (SSSR count). The van der Waals surface area contributed by atoms with E-state index in [0.29, 0.717) is 31.2 Å². The van der Waals surface area contributed by atoms with E-state index in [1.807, 2.05) is 4.90 Å². The third-order valence-electron chi connectivity index (χ3n) is 11.4. The highest BCUT2D eigenvalue weighted by molar-refractivity contribution is 6.06. The molecular weight excluding hydrogens is 550 g/mol. The summed E-state index contributed by atoms with van der Waals surface area (Å²) in [4.78, 5) is 49.4. The lowest BCUT2D eigenvalue weighted by Gasteiger charge is -2.46. The van der Waals surface area contributed by atoms with Crippen LogP contribution < -0.4 is 0 Å². The zero-order valence-electron chi connectivity index (χ0n) is 26.3. The lowest BCUT2D eigenvalue weighted by Crippen LogP contribution is -2.54. The number of aryl methyl sites for hydroxylation is 1. The van der Waals surface area contributed by atoms with E-state index in [0.717, 1.165) is 37.1 Å². The second kappa shape index (κ2) is 11.4. The Balaban J connectivity index is 1.04. The summed E-state index contributed by atoms with van der Waals surface area (Å²) in [7, 11) is 0. The van der Waals surface area contributed by atoms with Crippen molar-refractivity contribution in [3.8, 4) is 0 Å². The predicted molar refractivity (Wildman–Crippen MR) is 170 cm³/mol. The Kier molecular flexibility index (Phi) is 7.59. The number of piperidine rings is 2. The van der Waals surface area contributed by atoms with Crippen molar-refractivity contribution in [1.29, 1.82) is 0 Å². The minimum absolute atomic E-state index is 0.00248. The van der Waals surface area contributed by atoms with Gasteiger partial charge in [-0.15, -0.1) is 0 Å². The summed E-state index contributed by atoms with van der Waals surface area (Å²) in [5.41, 5.74) is 3.72. The van der Waals surface area contributed by atoms with Gasteiger partial charge in [0.15, 0.2) is 0 Å². The quantitative estimate of drug-likeness (QED) is 0.349. The van der Waals surface area contributed by atoms with Gasteiger partial charge in [0.2, 0.25) is 17.7 Å². The lowest BCUT2D eigenvalue weighted by molar-refractivity contribution is -0.151. The number of para-hydroxylation sites is 2. The van der Waals surface area contributed by atoms with Gasteiger partial charge in [-0.2, -0.15) is 0 Å². The molecule has 3 amide bonds. The molecule has 4 saturated heterocycles. The van der Waals surface area contributed by atoms with E-state index in [1.54, 1.807) is 13.8 Å². The number of nitrogens with zero attached hydrogens (tertiary/aromatic N) is 5. The maximum Gasteiger partial charge on any atom is 0.245 e. The van der Waals surface area contributed by atoms with Gasteiger partial charge in [-0.3, -0.25) is 24.2 Å². The van der Waals surface area contributed by atoms with Crippen molar-refractivity contribution in [2.24, 2.45) is 5.92 Å². The molecule has 0 N–H and O–H groups in total. The fraction of sp³-hybridized carbons (Fsp3) is 0.556. The van der Waals surface area contributed by atoms with Crippen LogP contribution in [0, 0.1) is 12.8 Å². The van der Waals surface area contributed by atoms with Crippen LogP contribution in [0.4, 0.5) is 0 Å². The first-order chi connectivity index (χ1) is 21.3. The molecule has 5 heterocycles. The molecular formula is C36H45N5O3. The molecule has 1 aromatic heterocycles. The number of rotatable bonds is 7. The van der Waals surface area contributed by atoms with Crippen molar-refractivity contribution >= 4 is 28.8 Å². The molecule has 8 heteroatoms. The number of imidazole rings is 1. The summed E-state index contributed by atoms with van der Waals surface area (Å²) in [6, 6.07) is 20.3. The summed E-state index contributed by atoms with van der Waals surface area (Å²) in [6.45, 7) is 7.99. The number of likely N-dealkylation sites (tertiary alicyclic amines) is 2. The van der Waals surface area contributed by atoms with Gasteiger partial charge in [0, 0.05) is 43.6 Å². The van der Waals surface area contributed by atoms with Crippen LogP contribution in [0.25, 0.3) is 11.0 Å². The molecule has 232 valence electrons. The van der Waals surface area contributed by atoms with E-state index >= 15 is 0 Å². The average Bonchev–Trinajstić information content (AvgIpc) is 3.60. The van der Waals surface area contributed by atoms with Crippen LogP contribution in [-0.4, -0.2) is 79.7 Å². The van der Waals surface area contributed by atoms with E-state index in [-0.39, 0.29) is 35.5 Å². The second-order valence-electron chi connectivity index (χ2n) is 13.9. The fourth-order valence-electron chi connectivity index (χ4n) is 9.01. The van der Waals surface area contributed by atoms with Gasteiger partial charge in [-0.05, 0) is 88.4 Å². The Morgan fingerprint density at radius 2 is 1.61 bits per heavy atom. The van der Waals surface area contributed by atoms with Crippen LogP contribution >= 0.6 is 0 Å². The normalized spacial score (nSPS) is 27.8. The first-order valence-corrected chi connectivity index (χ1v) is 16.7. The Hall–Kier alpha value is -3.52. The first-order valence-electron chi connectivity index (χ1n) is 16.7. The number of benzene rings is 2. The van der Waals surface area contributed by atoms with Gasteiger partial charge < -0.3 is 9.47 Å². The Bertz CT molecular complexity index is 1540. The molecule has 2 bridgehead atoms. The fourth-order valence-corrected chi connectivity index (χ4v) is 9.01. The Morgan fingerprint density at radius 3 is 2.27 bits per heavy atom. The molecule has 4 aliphatic rings. The van der Waals surface area contributed by atoms with E-state index in [2.05, 4.69) is 71.0 Å². The SMILES string of the molecule is Cc1nc2ccccc2n1[C@H]1C[C@H]2CC[C@@H](C1)N2CCC1(c2ccccc2)CCN(C(=O)C(C)N2C(=O)CC(C)C2=O)CC1. The maximum atomic E-state index is 13.5. The summed E-state index contributed by atoms with van der Waals surface area (Å²) in [5, 5.41) is 0. The van der Waals surface area contributed by atoms with Crippen LogP contribution in [0.15, 0.2) is 54.6 Å².